The summed E-state index contributed by atoms with van der Waals surface area (Å²) in [6.45, 7) is 6.18. The molecule has 2 heterocycles. The monoisotopic (exact) mass is 409 g/mol. The second-order valence-electron chi connectivity index (χ2n) is 6.68. The highest BCUT2D eigenvalue weighted by atomic mass is 32.2. The van der Waals surface area contributed by atoms with Crippen LogP contribution in [0.15, 0.2) is 24.4 Å². The van der Waals surface area contributed by atoms with Crippen LogP contribution in [-0.4, -0.2) is 71.3 Å². The molecular formula is C18H27N5O4S. The molecule has 1 aliphatic rings. The fourth-order valence-electron chi connectivity index (χ4n) is 3.52. The topological polar surface area (TPSA) is 96.0 Å². The van der Waals surface area contributed by atoms with Gasteiger partial charge in [0.25, 0.3) is 0 Å². The molecule has 1 saturated heterocycles. The summed E-state index contributed by atoms with van der Waals surface area (Å²) in [5.74, 6) is 1.35. The largest absolute Gasteiger partial charge is 0.493 e. The molecule has 154 valence electrons. The Kier molecular flexibility index (Phi) is 6.89. The number of pyridine rings is 1. The van der Waals surface area contributed by atoms with E-state index in [9.17, 15) is 8.42 Å². The molecule has 3 rings (SSSR count). The fraction of sp³-hybridized carbons (Fsp3) is 0.500. The number of thiol groups is 1. The van der Waals surface area contributed by atoms with E-state index in [1.807, 2.05) is 24.4 Å². The minimum absolute atomic E-state index is 0.225. The molecule has 28 heavy (non-hydrogen) atoms. The maximum absolute atomic E-state index is 10.6. The zero-order valence-corrected chi connectivity index (χ0v) is 17.2. The molecule has 1 aromatic carbocycles. The predicted octanol–water partition coefficient (Wildman–Crippen LogP) is 0.383. The van der Waals surface area contributed by atoms with Crippen molar-refractivity contribution in [3.8, 4) is 11.5 Å². The van der Waals surface area contributed by atoms with Crippen molar-refractivity contribution in [2.24, 2.45) is 0 Å². The van der Waals surface area contributed by atoms with Gasteiger partial charge in [0.1, 0.15) is 0 Å². The van der Waals surface area contributed by atoms with Crippen LogP contribution in [0.5, 0.6) is 11.5 Å². The number of hydrazine groups is 1. The molecule has 10 heteroatoms. The highest BCUT2D eigenvalue weighted by Crippen LogP contribution is 2.35. The number of aromatic nitrogens is 1. The van der Waals surface area contributed by atoms with E-state index in [2.05, 4.69) is 32.0 Å². The Balaban J connectivity index is 1.71. The van der Waals surface area contributed by atoms with Gasteiger partial charge in [-0.25, -0.2) is 13.8 Å². The first kappa shape index (κ1) is 20.6. The molecule has 0 amide bonds. The van der Waals surface area contributed by atoms with Gasteiger partial charge in [0.15, 0.2) is 11.5 Å². The Morgan fingerprint density at radius 2 is 1.82 bits per heavy atom. The van der Waals surface area contributed by atoms with E-state index < -0.39 is 10.9 Å². The van der Waals surface area contributed by atoms with E-state index in [1.165, 1.54) is 0 Å². The summed E-state index contributed by atoms with van der Waals surface area (Å²) in [6.07, 6.45) is 1.82. The number of anilines is 1. The first-order valence-corrected chi connectivity index (χ1v) is 10.3. The molecule has 1 aromatic heterocycles. The SMILES string of the molecule is COc1cc2nccc(N3CCN(C(C)CNN[SH](=O)=O)CC3)c2cc1OC. The summed E-state index contributed by atoms with van der Waals surface area (Å²) in [4.78, 5) is 11.4. The minimum Gasteiger partial charge on any atom is -0.493 e. The lowest BCUT2D eigenvalue weighted by atomic mass is 10.1. The van der Waals surface area contributed by atoms with Gasteiger partial charge in [0.2, 0.25) is 10.9 Å². The molecule has 1 fully saturated rings. The standard InChI is InChI=1S/C18H27N5O4S/c1-13(12-20-21-28(24)25)22-6-8-23(9-7-22)16-4-5-19-15-11-18(27-3)17(26-2)10-14(15)16/h4-5,10-11,13,20,28H,6-9,12H2,1-3H3,(H,21,24,25). The third-order valence-electron chi connectivity index (χ3n) is 5.07. The number of ether oxygens (including phenoxy) is 2. The van der Waals surface area contributed by atoms with Gasteiger partial charge in [-0.15, -0.1) is 0 Å². The van der Waals surface area contributed by atoms with Crippen molar-refractivity contribution in [3.05, 3.63) is 24.4 Å². The van der Waals surface area contributed by atoms with Crippen LogP contribution >= 0.6 is 0 Å². The van der Waals surface area contributed by atoms with Crippen LogP contribution in [0.3, 0.4) is 0 Å². The van der Waals surface area contributed by atoms with Crippen LogP contribution in [0.25, 0.3) is 10.9 Å². The van der Waals surface area contributed by atoms with Crippen molar-refractivity contribution >= 4 is 27.5 Å². The average molecular weight is 410 g/mol. The number of benzene rings is 1. The van der Waals surface area contributed by atoms with Gasteiger partial charge in [-0.1, -0.05) is 0 Å². The summed E-state index contributed by atoms with van der Waals surface area (Å²) in [5.41, 5.74) is 4.73. The van der Waals surface area contributed by atoms with Gasteiger partial charge in [0, 0.05) is 62.1 Å². The first-order valence-electron chi connectivity index (χ1n) is 9.16. The molecule has 1 aliphatic heterocycles. The number of hydrogen-bond donors (Lipinski definition) is 3. The molecule has 0 saturated carbocycles. The zero-order valence-electron chi connectivity index (χ0n) is 16.3. The van der Waals surface area contributed by atoms with E-state index >= 15 is 0 Å². The molecule has 2 aromatic rings. The molecule has 1 unspecified atom stereocenters. The highest BCUT2D eigenvalue weighted by Gasteiger charge is 2.22. The third-order valence-corrected chi connectivity index (χ3v) is 5.41. The van der Waals surface area contributed by atoms with Gasteiger partial charge in [-0.3, -0.25) is 9.88 Å². The summed E-state index contributed by atoms with van der Waals surface area (Å²) >= 11 is 0. The van der Waals surface area contributed by atoms with Gasteiger partial charge in [-0.2, -0.15) is 4.83 Å². The fourth-order valence-corrected chi connectivity index (χ4v) is 3.74. The van der Waals surface area contributed by atoms with Crippen LogP contribution < -0.4 is 24.6 Å². The maximum Gasteiger partial charge on any atom is 0.214 e. The van der Waals surface area contributed by atoms with Gasteiger partial charge >= 0.3 is 0 Å². The predicted molar refractivity (Wildman–Crippen MR) is 110 cm³/mol. The summed E-state index contributed by atoms with van der Waals surface area (Å²) in [5, 5.41) is 1.03. The lowest BCUT2D eigenvalue weighted by Gasteiger charge is -2.39. The van der Waals surface area contributed by atoms with Crippen LogP contribution in [0.4, 0.5) is 5.69 Å². The number of rotatable bonds is 8. The lowest BCUT2D eigenvalue weighted by Crippen LogP contribution is -2.53. The number of nitrogens with zero attached hydrogens (tertiary/aromatic N) is 3. The van der Waals surface area contributed by atoms with Crippen molar-refractivity contribution in [2.75, 3.05) is 51.8 Å². The maximum atomic E-state index is 10.6. The first-order chi connectivity index (χ1) is 13.5. The molecule has 0 radical (unpaired) electrons. The number of nitrogens with one attached hydrogen (secondary N) is 2. The highest BCUT2D eigenvalue weighted by molar-refractivity contribution is 7.70. The van der Waals surface area contributed by atoms with Crippen molar-refractivity contribution in [1.82, 2.24) is 20.1 Å². The molecule has 2 N–H and O–H groups in total. The molecule has 1 atom stereocenters. The van der Waals surface area contributed by atoms with Crippen LogP contribution in [0.1, 0.15) is 6.92 Å². The number of fused-ring (bicyclic) bond motifs is 1. The van der Waals surface area contributed by atoms with E-state index in [1.54, 1.807) is 14.2 Å². The van der Waals surface area contributed by atoms with Crippen LogP contribution in [-0.2, 0) is 10.9 Å². The molecule has 9 nitrogen and oxygen atoms in total. The van der Waals surface area contributed by atoms with E-state index in [0.717, 1.165) is 42.8 Å². The molecule has 0 aliphatic carbocycles. The Hall–Kier alpha value is -2.14. The van der Waals surface area contributed by atoms with E-state index in [0.29, 0.717) is 18.0 Å². The van der Waals surface area contributed by atoms with E-state index in [4.69, 9.17) is 9.47 Å². The Labute approximate surface area is 166 Å². The number of methoxy groups -OCH3 is 2. The van der Waals surface area contributed by atoms with Crippen molar-refractivity contribution in [3.63, 3.8) is 0 Å². The van der Waals surface area contributed by atoms with Gasteiger partial charge in [-0.05, 0) is 19.1 Å². The third kappa shape index (κ3) is 4.64. The van der Waals surface area contributed by atoms with Crippen LogP contribution in [0.2, 0.25) is 0 Å². The molecule has 0 spiro atoms. The van der Waals surface area contributed by atoms with Gasteiger partial charge < -0.3 is 14.4 Å². The molecule has 0 bridgehead atoms. The summed E-state index contributed by atoms with van der Waals surface area (Å²) in [6, 6.07) is 6.13. The van der Waals surface area contributed by atoms with E-state index in [-0.39, 0.29) is 6.04 Å². The minimum atomic E-state index is -2.62. The second-order valence-corrected chi connectivity index (χ2v) is 7.41. The summed E-state index contributed by atoms with van der Waals surface area (Å²) in [7, 11) is 0.625. The van der Waals surface area contributed by atoms with Crippen molar-refractivity contribution in [2.45, 2.75) is 13.0 Å². The average Bonchev–Trinajstić information content (AvgIpc) is 2.72. The van der Waals surface area contributed by atoms with Crippen molar-refractivity contribution < 1.29 is 17.9 Å². The number of hydrogen-bond acceptors (Lipinski definition) is 8. The normalized spacial score (nSPS) is 16.5. The summed E-state index contributed by atoms with van der Waals surface area (Å²) < 4.78 is 32.0. The second kappa shape index (κ2) is 9.37. The lowest BCUT2D eigenvalue weighted by molar-refractivity contribution is 0.192. The Morgan fingerprint density at radius 1 is 1.14 bits per heavy atom. The van der Waals surface area contributed by atoms with Gasteiger partial charge in [0.05, 0.1) is 19.7 Å². The smallest absolute Gasteiger partial charge is 0.214 e. The quantitative estimate of drug-likeness (QED) is 0.426. The Bertz CT molecular complexity index is 876. The zero-order chi connectivity index (χ0) is 20.1. The molecular weight excluding hydrogens is 382 g/mol. The van der Waals surface area contributed by atoms with Crippen molar-refractivity contribution in [1.29, 1.82) is 0 Å². The Morgan fingerprint density at radius 3 is 2.46 bits per heavy atom. The number of piperazine rings is 1. The van der Waals surface area contributed by atoms with Crippen LogP contribution in [0, 0.1) is 0 Å².